The summed E-state index contributed by atoms with van der Waals surface area (Å²) in [4.78, 5) is 2.43. The molecule has 0 spiro atoms. The van der Waals surface area contributed by atoms with Crippen molar-refractivity contribution in [2.75, 3.05) is 30.3 Å². The van der Waals surface area contributed by atoms with Gasteiger partial charge >= 0.3 is 0 Å². The highest BCUT2D eigenvalue weighted by Crippen LogP contribution is 2.31. The standard InChI is InChI=1S/C16H26N2O/c1-4-19-16-10-14(17)9-15(11-16)18-7-5-13(6-8-18)12(2)3/h9-13H,4-8,17H2,1-3H3. The van der Waals surface area contributed by atoms with Gasteiger partial charge in [-0.15, -0.1) is 0 Å². The molecule has 1 saturated heterocycles. The third-order valence-electron chi connectivity index (χ3n) is 4.07. The molecule has 1 heterocycles. The molecule has 0 aromatic heterocycles. The topological polar surface area (TPSA) is 38.5 Å². The minimum atomic E-state index is 0.679. The van der Waals surface area contributed by atoms with Gasteiger partial charge in [0.1, 0.15) is 5.75 Å². The van der Waals surface area contributed by atoms with Crippen LogP contribution in [0.3, 0.4) is 0 Å². The summed E-state index contributed by atoms with van der Waals surface area (Å²) >= 11 is 0. The van der Waals surface area contributed by atoms with E-state index < -0.39 is 0 Å². The zero-order valence-corrected chi connectivity index (χ0v) is 12.4. The lowest BCUT2D eigenvalue weighted by Crippen LogP contribution is -2.35. The number of hydrogen-bond acceptors (Lipinski definition) is 3. The Morgan fingerprint density at radius 3 is 2.53 bits per heavy atom. The summed E-state index contributed by atoms with van der Waals surface area (Å²) < 4.78 is 5.57. The van der Waals surface area contributed by atoms with Gasteiger partial charge in [0.25, 0.3) is 0 Å². The second-order valence-corrected chi connectivity index (χ2v) is 5.76. The van der Waals surface area contributed by atoms with Gasteiger partial charge < -0.3 is 15.4 Å². The van der Waals surface area contributed by atoms with Crippen molar-refractivity contribution in [3.8, 4) is 5.75 Å². The van der Waals surface area contributed by atoms with Gasteiger partial charge in [-0.2, -0.15) is 0 Å². The molecule has 0 amide bonds. The molecule has 106 valence electrons. The summed E-state index contributed by atoms with van der Waals surface area (Å²) in [5, 5.41) is 0. The lowest BCUT2D eigenvalue weighted by Gasteiger charge is -2.35. The van der Waals surface area contributed by atoms with Gasteiger partial charge in [-0.05, 0) is 37.7 Å². The normalized spacial score (nSPS) is 16.9. The van der Waals surface area contributed by atoms with E-state index in [1.165, 1.54) is 18.5 Å². The number of benzene rings is 1. The van der Waals surface area contributed by atoms with Crippen LogP contribution in [0.1, 0.15) is 33.6 Å². The first-order valence-corrected chi connectivity index (χ1v) is 7.38. The SMILES string of the molecule is CCOc1cc(N)cc(N2CCC(C(C)C)CC2)c1. The molecule has 3 heteroatoms. The maximum atomic E-state index is 5.97. The average Bonchev–Trinajstić information content (AvgIpc) is 2.38. The Morgan fingerprint density at radius 2 is 1.95 bits per heavy atom. The molecule has 1 aromatic carbocycles. The quantitative estimate of drug-likeness (QED) is 0.843. The lowest BCUT2D eigenvalue weighted by atomic mass is 9.86. The van der Waals surface area contributed by atoms with Crippen LogP contribution in [0.4, 0.5) is 11.4 Å². The molecule has 2 rings (SSSR count). The van der Waals surface area contributed by atoms with E-state index >= 15 is 0 Å². The van der Waals surface area contributed by atoms with Crippen LogP contribution in [0.15, 0.2) is 18.2 Å². The molecular formula is C16H26N2O. The van der Waals surface area contributed by atoms with Crippen LogP contribution >= 0.6 is 0 Å². The molecule has 1 aromatic rings. The zero-order chi connectivity index (χ0) is 13.8. The van der Waals surface area contributed by atoms with E-state index in [9.17, 15) is 0 Å². The molecule has 0 saturated carbocycles. The zero-order valence-electron chi connectivity index (χ0n) is 12.4. The van der Waals surface area contributed by atoms with Crippen LogP contribution in [-0.4, -0.2) is 19.7 Å². The van der Waals surface area contributed by atoms with E-state index in [1.807, 2.05) is 13.0 Å². The number of nitrogens with zero attached hydrogens (tertiary/aromatic N) is 1. The van der Waals surface area contributed by atoms with Gasteiger partial charge in [0.05, 0.1) is 6.61 Å². The van der Waals surface area contributed by atoms with Crippen LogP contribution in [0.25, 0.3) is 0 Å². The third-order valence-corrected chi connectivity index (χ3v) is 4.07. The molecule has 0 bridgehead atoms. The van der Waals surface area contributed by atoms with Gasteiger partial charge in [-0.3, -0.25) is 0 Å². The summed E-state index contributed by atoms with van der Waals surface area (Å²) in [6.45, 7) is 9.58. The van der Waals surface area contributed by atoms with Crippen molar-refractivity contribution < 1.29 is 4.74 Å². The van der Waals surface area contributed by atoms with Crippen LogP contribution in [0, 0.1) is 11.8 Å². The largest absolute Gasteiger partial charge is 0.494 e. The molecule has 19 heavy (non-hydrogen) atoms. The van der Waals surface area contributed by atoms with Crippen LogP contribution in [-0.2, 0) is 0 Å². The van der Waals surface area contributed by atoms with E-state index in [1.54, 1.807) is 0 Å². The van der Waals surface area contributed by atoms with Crippen molar-refractivity contribution in [1.82, 2.24) is 0 Å². The first-order chi connectivity index (χ1) is 9.10. The summed E-state index contributed by atoms with van der Waals surface area (Å²) in [5.41, 5.74) is 7.95. The van der Waals surface area contributed by atoms with Gasteiger partial charge in [0, 0.05) is 36.6 Å². The Bertz CT molecular complexity index is 409. The minimum absolute atomic E-state index is 0.679. The van der Waals surface area contributed by atoms with E-state index in [0.29, 0.717) is 6.61 Å². The fourth-order valence-corrected chi connectivity index (χ4v) is 2.86. The Morgan fingerprint density at radius 1 is 1.26 bits per heavy atom. The molecule has 1 aliphatic heterocycles. The number of anilines is 2. The predicted molar refractivity (Wildman–Crippen MR) is 81.8 cm³/mol. The van der Waals surface area contributed by atoms with Gasteiger partial charge in [0.15, 0.2) is 0 Å². The molecule has 3 nitrogen and oxygen atoms in total. The lowest BCUT2D eigenvalue weighted by molar-refractivity contribution is 0.311. The van der Waals surface area contributed by atoms with Crippen molar-refractivity contribution in [2.45, 2.75) is 33.6 Å². The highest BCUT2D eigenvalue weighted by Gasteiger charge is 2.22. The maximum Gasteiger partial charge on any atom is 0.123 e. The Kier molecular flexibility index (Phi) is 4.56. The molecule has 0 radical (unpaired) electrons. The third kappa shape index (κ3) is 3.55. The minimum Gasteiger partial charge on any atom is -0.494 e. The first kappa shape index (κ1) is 14.0. The van der Waals surface area contributed by atoms with E-state index in [4.69, 9.17) is 10.5 Å². The van der Waals surface area contributed by atoms with Crippen LogP contribution in [0.2, 0.25) is 0 Å². The van der Waals surface area contributed by atoms with Crippen LogP contribution in [0.5, 0.6) is 5.75 Å². The van der Waals surface area contributed by atoms with Gasteiger partial charge in [-0.1, -0.05) is 13.8 Å². The first-order valence-electron chi connectivity index (χ1n) is 7.38. The smallest absolute Gasteiger partial charge is 0.123 e. The number of rotatable bonds is 4. The summed E-state index contributed by atoms with van der Waals surface area (Å²) in [6.07, 6.45) is 2.55. The van der Waals surface area contributed by atoms with Crippen molar-refractivity contribution >= 4 is 11.4 Å². The van der Waals surface area contributed by atoms with E-state index in [-0.39, 0.29) is 0 Å². The maximum absolute atomic E-state index is 5.97. The highest BCUT2D eigenvalue weighted by atomic mass is 16.5. The second-order valence-electron chi connectivity index (χ2n) is 5.76. The second kappa shape index (κ2) is 6.18. The Hall–Kier alpha value is -1.38. The molecule has 2 N–H and O–H groups in total. The molecule has 0 aliphatic carbocycles. The fourth-order valence-electron chi connectivity index (χ4n) is 2.86. The average molecular weight is 262 g/mol. The monoisotopic (exact) mass is 262 g/mol. The number of nitrogen functional groups attached to an aromatic ring is 1. The number of hydrogen-bond donors (Lipinski definition) is 1. The van der Waals surface area contributed by atoms with E-state index in [2.05, 4.69) is 30.9 Å². The van der Waals surface area contributed by atoms with E-state index in [0.717, 1.165) is 36.4 Å². The Labute approximate surface area is 116 Å². The molecule has 1 aliphatic rings. The number of nitrogens with two attached hydrogens (primary N) is 1. The van der Waals surface area contributed by atoms with Gasteiger partial charge in [-0.25, -0.2) is 0 Å². The molecular weight excluding hydrogens is 236 g/mol. The number of ether oxygens (including phenoxy) is 1. The molecule has 1 fully saturated rings. The van der Waals surface area contributed by atoms with Crippen molar-refractivity contribution in [1.29, 1.82) is 0 Å². The molecule has 0 unspecified atom stereocenters. The predicted octanol–water partition coefficient (Wildman–Crippen LogP) is 3.54. The van der Waals surface area contributed by atoms with Crippen LogP contribution < -0.4 is 15.4 Å². The summed E-state index contributed by atoms with van der Waals surface area (Å²) in [7, 11) is 0. The summed E-state index contributed by atoms with van der Waals surface area (Å²) in [6, 6.07) is 6.06. The fraction of sp³-hybridized carbons (Fsp3) is 0.625. The Balaban J connectivity index is 2.06. The molecule has 0 atom stereocenters. The van der Waals surface area contributed by atoms with Crippen molar-refractivity contribution in [2.24, 2.45) is 11.8 Å². The van der Waals surface area contributed by atoms with Gasteiger partial charge in [0.2, 0.25) is 0 Å². The highest BCUT2D eigenvalue weighted by molar-refractivity contribution is 5.60. The van der Waals surface area contributed by atoms with Crippen molar-refractivity contribution in [3.05, 3.63) is 18.2 Å². The number of piperidine rings is 1. The van der Waals surface area contributed by atoms with Crippen molar-refractivity contribution in [3.63, 3.8) is 0 Å². The summed E-state index contributed by atoms with van der Waals surface area (Å²) in [5.74, 6) is 2.54.